The number of benzene rings is 1. The summed E-state index contributed by atoms with van der Waals surface area (Å²) in [4.78, 5) is 3.94. The minimum absolute atomic E-state index is 1.16. The van der Waals surface area contributed by atoms with Gasteiger partial charge >= 0.3 is 0 Å². The molecule has 1 nitrogen and oxygen atoms in total. The molecule has 0 amide bonds. The summed E-state index contributed by atoms with van der Waals surface area (Å²) in [6.45, 7) is 2.36. The molecule has 0 aliphatic carbocycles. The highest BCUT2D eigenvalue weighted by molar-refractivity contribution is 7.13. The number of nitrogens with zero attached hydrogens (tertiary/aromatic N) is 1. The van der Waals surface area contributed by atoms with Crippen molar-refractivity contribution in [1.82, 2.24) is 0 Å². The summed E-state index contributed by atoms with van der Waals surface area (Å²) in [6, 6.07) is 8.99. The van der Waals surface area contributed by atoms with E-state index in [0.29, 0.717) is 0 Å². The first kappa shape index (κ1) is 10.4. The third-order valence-corrected chi connectivity index (χ3v) is 4.81. The number of anilines is 1. The normalized spacial score (nSPS) is 16.8. The molecule has 0 atom stereocenters. The largest absolute Gasteiger partial charge is 0.370 e. The quantitative estimate of drug-likeness (QED) is 0.736. The summed E-state index contributed by atoms with van der Waals surface area (Å²) in [5, 5.41) is 2.16. The molecule has 0 radical (unpaired) electrons. The molecule has 0 unspecified atom stereocenters. The van der Waals surface area contributed by atoms with Crippen molar-refractivity contribution in [1.29, 1.82) is 0 Å². The Morgan fingerprint density at radius 3 is 3.00 bits per heavy atom. The summed E-state index contributed by atoms with van der Waals surface area (Å²) >= 11 is 1.83. The topological polar surface area (TPSA) is 3.24 Å². The van der Waals surface area contributed by atoms with Crippen molar-refractivity contribution in [2.75, 3.05) is 18.0 Å². The SMILES string of the molecule is C1=Cc2c(-c3cccs3)ccc3c2N(CC1)CC3. The molecule has 2 aliphatic rings. The van der Waals surface area contributed by atoms with Gasteiger partial charge in [0.2, 0.25) is 0 Å². The smallest absolute Gasteiger partial charge is 0.0479 e. The van der Waals surface area contributed by atoms with Gasteiger partial charge in [0.15, 0.2) is 0 Å². The van der Waals surface area contributed by atoms with E-state index in [1.165, 1.54) is 46.8 Å². The van der Waals surface area contributed by atoms with E-state index in [1.807, 2.05) is 11.3 Å². The van der Waals surface area contributed by atoms with Crippen LogP contribution in [0.3, 0.4) is 0 Å². The maximum atomic E-state index is 2.56. The Morgan fingerprint density at radius 1 is 1.11 bits per heavy atom. The summed E-state index contributed by atoms with van der Waals surface area (Å²) in [5.41, 5.74) is 5.85. The Balaban J connectivity index is 1.99. The lowest BCUT2D eigenvalue weighted by atomic mass is 9.99. The molecule has 1 aromatic heterocycles. The molecule has 0 spiro atoms. The lowest BCUT2D eigenvalue weighted by Gasteiger charge is -2.20. The fraction of sp³-hybridized carbons (Fsp3) is 0.250. The Kier molecular flexibility index (Phi) is 2.30. The fourth-order valence-corrected chi connectivity index (χ4v) is 3.83. The van der Waals surface area contributed by atoms with Crippen molar-refractivity contribution < 1.29 is 0 Å². The lowest BCUT2D eigenvalue weighted by Crippen LogP contribution is -2.21. The van der Waals surface area contributed by atoms with E-state index in [0.717, 1.165) is 6.42 Å². The Morgan fingerprint density at radius 2 is 2.11 bits per heavy atom. The molecular formula is C16H15NS. The lowest BCUT2D eigenvalue weighted by molar-refractivity contribution is 0.831. The number of hydrogen-bond donors (Lipinski definition) is 0. The molecule has 2 heteroatoms. The molecule has 2 aromatic rings. The zero-order valence-electron chi connectivity index (χ0n) is 10.2. The molecule has 4 rings (SSSR count). The van der Waals surface area contributed by atoms with Crippen LogP contribution >= 0.6 is 11.3 Å². The predicted molar refractivity (Wildman–Crippen MR) is 79.3 cm³/mol. The van der Waals surface area contributed by atoms with E-state index in [2.05, 4.69) is 46.7 Å². The highest BCUT2D eigenvalue weighted by Gasteiger charge is 2.24. The van der Waals surface area contributed by atoms with E-state index in [9.17, 15) is 0 Å². The summed E-state index contributed by atoms with van der Waals surface area (Å²) in [5.74, 6) is 0. The van der Waals surface area contributed by atoms with Gasteiger partial charge in [-0.1, -0.05) is 30.4 Å². The molecule has 0 N–H and O–H groups in total. The van der Waals surface area contributed by atoms with Crippen LogP contribution in [0.5, 0.6) is 0 Å². The van der Waals surface area contributed by atoms with Gasteiger partial charge in [0.05, 0.1) is 0 Å². The van der Waals surface area contributed by atoms with E-state index in [-0.39, 0.29) is 0 Å². The first-order valence-corrected chi connectivity index (χ1v) is 7.43. The van der Waals surface area contributed by atoms with Crippen molar-refractivity contribution in [2.24, 2.45) is 0 Å². The van der Waals surface area contributed by atoms with Crippen LogP contribution in [0.2, 0.25) is 0 Å². The van der Waals surface area contributed by atoms with Gasteiger partial charge < -0.3 is 4.90 Å². The van der Waals surface area contributed by atoms with E-state index >= 15 is 0 Å². The predicted octanol–water partition coefficient (Wildman–Crippen LogP) is 4.19. The van der Waals surface area contributed by atoms with E-state index in [4.69, 9.17) is 0 Å². The third kappa shape index (κ3) is 1.45. The van der Waals surface area contributed by atoms with Crippen LogP contribution in [-0.4, -0.2) is 13.1 Å². The maximum Gasteiger partial charge on any atom is 0.0479 e. The maximum absolute atomic E-state index is 2.56. The molecule has 0 saturated carbocycles. The van der Waals surface area contributed by atoms with Crippen molar-refractivity contribution >= 4 is 23.1 Å². The second-order valence-corrected chi connectivity index (χ2v) is 5.89. The van der Waals surface area contributed by atoms with Gasteiger partial charge in [0.25, 0.3) is 0 Å². The molecule has 2 aliphatic heterocycles. The van der Waals surface area contributed by atoms with Gasteiger partial charge in [-0.2, -0.15) is 0 Å². The fourth-order valence-electron chi connectivity index (χ4n) is 3.07. The van der Waals surface area contributed by atoms with Crippen molar-refractivity contribution in [3.05, 3.63) is 46.8 Å². The van der Waals surface area contributed by atoms with Crippen LogP contribution in [0, 0.1) is 0 Å². The minimum atomic E-state index is 1.16. The first-order chi connectivity index (χ1) is 8.93. The molecule has 0 saturated heterocycles. The van der Waals surface area contributed by atoms with Gasteiger partial charge in [0.1, 0.15) is 0 Å². The highest BCUT2D eigenvalue weighted by atomic mass is 32.1. The molecular weight excluding hydrogens is 238 g/mol. The number of thiophene rings is 1. The van der Waals surface area contributed by atoms with Gasteiger partial charge in [0, 0.05) is 34.8 Å². The second kappa shape index (κ2) is 3.99. The molecule has 0 bridgehead atoms. The molecule has 3 heterocycles. The third-order valence-electron chi connectivity index (χ3n) is 3.90. The standard InChI is InChI=1S/C16H15NS/c1-2-9-17-10-8-12-6-7-13(14(4-1)16(12)17)15-5-3-11-18-15/h1,3-7,11H,2,8-10H2. The molecule has 0 fully saturated rings. The van der Waals surface area contributed by atoms with Gasteiger partial charge in [-0.3, -0.25) is 0 Å². The molecule has 18 heavy (non-hydrogen) atoms. The molecule has 90 valence electrons. The number of hydrogen-bond acceptors (Lipinski definition) is 2. The van der Waals surface area contributed by atoms with Crippen molar-refractivity contribution in [3.8, 4) is 10.4 Å². The summed E-state index contributed by atoms with van der Waals surface area (Å²) in [6.07, 6.45) is 7.03. The van der Waals surface area contributed by atoms with Gasteiger partial charge in [-0.15, -0.1) is 11.3 Å². The average molecular weight is 253 g/mol. The van der Waals surface area contributed by atoms with Crippen LogP contribution in [0.4, 0.5) is 5.69 Å². The molecule has 1 aromatic carbocycles. The van der Waals surface area contributed by atoms with Crippen LogP contribution in [0.1, 0.15) is 17.5 Å². The van der Waals surface area contributed by atoms with Crippen LogP contribution in [0.15, 0.2) is 35.7 Å². The Labute approximate surface area is 111 Å². The van der Waals surface area contributed by atoms with Crippen LogP contribution in [0.25, 0.3) is 16.5 Å². The van der Waals surface area contributed by atoms with Crippen molar-refractivity contribution in [3.63, 3.8) is 0 Å². The van der Waals surface area contributed by atoms with Crippen LogP contribution < -0.4 is 4.90 Å². The van der Waals surface area contributed by atoms with Gasteiger partial charge in [-0.25, -0.2) is 0 Å². The monoisotopic (exact) mass is 253 g/mol. The van der Waals surface area contributed by atoms with Crippen LogP contribution in [-0.2, 0) is 6.42 Å². The second-order valence-electron chi connectivity index (χ2n) is 4.94. The Bertz CT molecular complexity index is 610. The minimum Gasteiger partial charge on any atom is -0.370 e. The zero-order chi connectivity index (χ0) is 11.9. The number of rotatable bonds is 1. The average Bonchev–Trinajstić information content (AvgIpc) is 2.99. The Hall–Kier alpha value is -1.54. The summed E-state index contributed by atoms with van der Waals surface area (Å²) in [7, 11) is 0. The zero-order valence-corrected chi connectivity index (χ0v) is 11.0. The van der Waals surface area contributed by atoms with E-state index in [1.54, 1.807) is 0 Å². The van der Waals surface area contributed by atoms with Crippen molar-refractivity contribution in [2.45, 2.75) is 12.8 Å². The van der Waals surface area contributed by atoms with E-state index < -0.39 is 0 Å². The first-order valence-electron chi connectivity index (χ1n) is 6.55. The van der Waals surface area contributed by atoms with Gasteiger partial charge in [-0.05, 0) is 29.9 Å². The highest BCUT2D eigenvalue weighted by Crippen LogP contribution is 2.41. The summed E-state index contributed by atoms with van der Waals surface area (Å²) < 4.78 is 0.